The van der Waals surface area contributed by atoms with Crippen LogP contribution in [-0.2, 0) is 10.0 Å². The van der Waals surface area contributed by atoms with Crippen LogP contribution in [-0.4, -0.2) is 27.5 Å². The average Bonchev–Trinajstić information content (AvgIpc) is 2.66. The summed E-state index contributed by atoms with van der Waals surface area (Å²) >= 11 is 0. The van der Waals surface area contributed by atoms with Gasteiger partial charge < -0.3 is 10.1 Å². The second-order valence-electron chi connectivity index (χ2n) is 7.80. The van der Waals surface area contributed by atoms with E-state index >= 15 is 0 Å². The number of hydrogen-bond donors (Lipinski definition) is 2. The van der Waals surface area contributed by atoms with Gasteiger partial charge in [0, 0.05) is 11.6 Å². The predicted octanol–water partition coefficient (Wildman–Crippen LogP) is 4.21. The van der Waals surface area contributed by atoms with Crippen LogP contribution in [0.4, 0.5) is 5.69 Å². The van der Waals surface area contributed by atoms with Gasteiger partial charge >= 0.3 is 0 Å². The molecule has 2 aromatic rings. The number of carbonyl (C=O) groups excluding carboxylic acids is 1. The molecule has 2 aromatic carbocycles. The molecule has 0 spiro atoms. The first-order valence-corrected chi connectivity index (χ1v) is 11.1. The van der Waals surface area contributed by atoms with Crippen LogP contribution in [0.1, 0.15) is 43.6 Å². The molecule has 29 heavy (non-hydrogen) atoms. The average molecular weight is 419 g/mol. The van der Waals surface area contributed by atoms with E-state index in [9.17, 15) is 13.2 Å². The number of anilines is 1. The predicted molar refractivity (Wildman–Crippen MR) is 116 cm³/mol. The van der Waals surface area contributed by atoms with Crippen molar-refractivity contribution < 1.29 is 17.9 Å². The number of ether oxygens (including phenoxy) is 1. The van der Waals surface area contributed by atoms with Crippen LogP contribution < -0.4 is 14.8 Å². The maximum absolute atomic E-state index is 12.6. The van der Waals surface area contributed by atoms with Gasteiger partial charge in [-0.3, -0.25) is 9.52 Å². The summed E-state index contributed by atoms with van der Waals surface area (Å²) in [6.45, 7) is 10.1. The molecule has 0 aliphatic rings. The molecule has 0 fully saturated rings. The van der Waals surface area contributed by atoms with Gasteiger partial charge in [0.05, 0.1) is 17.7 Å². The standard InChI is InChI=1S/C22H30N2O4S/c1-14(2)21(15(3)4)23-22(25)17-7-12-20(16(5)13-17)24-29(26,27)19-10-8-18(28-6)9-11-19/h7-15,21,24H,1-6H3,(H,23,25). The van der Waals surface area contributed by atoms with Crippen molar-refractivity contribution in [3.8, 4) is 5.75 Å². The second-order valence-corrected chi connectivity index (χ2v) is 9.48. The molecular weight excluding hydrogens is 388 g/mol. The zero-order valence-corrected chi connectivity index (χ0v) is 18.6. The highest BCUT2D eigenvalue weighted by Crippen LogP contribution is 2.23. The number of sulfonamides is 1. The lowest BCUT2D eigenvalue weighted by molar-refractivity contribution is 0.0910. The van der Waals surface area contributed by atoms with E-state index in [0.29, 0.717) is 34.4 Å². The number of aryl methyl sites for hydroxylation is 1. The molecular formula is C22H30N2O4S. The lowest BCUT2D eigenvalue weighted by Gasteiger charge is -2.26. The van der Waals surface area contributed by atoms with Crippen molar-refractivity contribution in [3.05, 3.63) is 53.6 Å². The molecule has 1 amide bonds. The largest absolute Gasteiger partial charge is 0.497 e. The maximum Gasteiger partial charge on any atom is 0.261 e. The molecule has 2 N–H and O–H groups in total. The van der Waals surface area contributed by atoms with Gasteiger partial charge in [0.15, 0.2) is 0 Å². The smallest absolute Gasteiger partial charge is 0.261 e. The van der Waals surface area contributed by atoms with Crippen LogP contribution in [0.5, 0.6) is 5.75 Å². The highest BCUT2D eigenvalue weighted by atomic mass is 32.2. The fourth-order valence-electron chi connectivity index (χ4n) is 3.22. The van der Waals surface area contributed by atoms with Crippen LogP contribution >= 0.6 is 0 Å². The summed E-state index contributed by atoms with van der Waals surface area (Å²) in [4.78, 5) is 12.8. The Morgan fingerprint density at radius 2 is 1.55 bits per heavy atom. The van der Waals surface area contributed by atoms with E-state index in [1.165, 1.54) is 19.2 Å². The molecule has 0 saturated heterocycles. The molecule has 6 nitrogen and oxygen atoms in total. The zero-order valence-electron chi connectivity index (χ0n) is 17.8. The maximum atomic E-state index is 12.6. The topological polar surface area (TPSA) is 84.5 Å². The quantitative estimate of drug-likeness (QED) is 0.672. The normalized spacial score (nSPS) is 11.8. The van der Waals surface area contributed by atoms with Gasteiger partial charge in [-0.15, -0.1) is 0 Å². The minimum atomic E-state index is -3.74. The molecule has 0 aliphatic heterocycles. The summed E-state index contributed by atoms with van der Waals surface area (Å²) in [7, 11) is -2.22. The summed E-state index contributed by atoms with van der Waals surface area (Å²) in [6, 6.07) is 11.2. The first-order valence-electron chi connectivity index (χ1n) is 9.63. The second kappa shape index (κ2) is 9.31. The Morgan fingerprint density at radius 1 is 0.966 bits per heavy atom. The molecule has 0 unspecified atom stereocenters. The Morgan fingerprint density at radius 3 is 2.03 bits per heavy atom. The molecule has 0 saturated carbocycles. The molecule has 0 aromatic heterocycles. The van der Waals surface area contributed by atoms with E-state index < -0.39 is 10.0 Å². The molecule has 158 valence electrons. The first-order chi connectivity index (χ1) is 13.5. The summed E-state index contributed by atoms with van der Waals surface area (Å²) in [6.07, 6.45) is 0. The number of carbonyl (C=O) groups is 1. The highest BCUT2D eigenvalue weighted by molar-refractivity contribution is 7.92. The van der Waals surface area contributed by atoms with E-state index in [4.69, 9.17) is 4.74 Å². The number of amides is 1. The van der Waals surface area contributed by atoms with Crippen molar-refractivity contribution >= 4 is 21.6 Å². The molecule has 0 bridgehead atoms. The number of hydrogen-bond acceptors (Lipinski definition) is 4. The number of methoxy groups -OCH3 is 1. The monoisotopic (exact) mass is 418 g/mol. The minimum Gasteiger partial charge on any atom is -0.497 e. The highest BCUT2D eigenvalue weighted by Gasteiger charge is 2.21. The van der Waals surface area contributed by atoms with Gasteiger partial charge in [-0.1, -0.05) is 27.7 Å². The van der Waals surface area contributed by atoms with Crippen molar-refractivity contribution in [2.45, 2.75) is 45.6 Å². The van der Waals surface area contributed by atoms with Crippen LogP contribution in [0.3, 0.4) is 0 Å². The van der Waals surface area contributed by atoms with Gasteiger partial charge in [0.2, 0.25) is 0 Å². The van der Waals surface area contributed by atoms with E-state index in [1.54, 1.807) is 37.3 Å². The number of nitrogens with one attached hydrogen (secondary N) is 2. The fourth-order valence-corrected chi connectivity index (χ4v) is 4.35. The van der Waals surface area contributed by atoms with Crippen molar-refractivity contribution in [2.24, 2.45) is 11.8 Å². The summed E-state index contributed by atoms with van der Waals surface area (Å²) in [5.74, 6) is 1.05. The molecule has 2 rings (SSSR count). The van der Waals surface area contributed by atoms with Crippen molar-refractivity contribution in [1.82, 2.24) is 5.32 Å². The summed E-state index contributed by atoms with van der Waals surface area (Å²) in [5, 5.41) is 3.07. The van der Waals surface area contributed by atoms with Crippen molar-refractivity contribution in [3.63, 3.8) is 0 Å². The lowest BCUT2D eigenvalue weighted by atomic mass is 9.93. The van der Waals surface area contributed by atoms with Crippen LogP contribution in [0.2, 0.25) is 0 Å². The summed E-state index contributed by atoms with van der Waals surface area (Å²) < 4.78 is 32.9. The molecule has 7 heteroatoms. The fraction of sp³-hybridized carbons (Fsp3) is 0.409. The van der Waals surface area contributed by atoms with Gasteiger partial charge in [-0.05, 0) is 66.8 Å². The van der Waals surface area contributed by atoms with Gasteiger partial charge in [0.1, 0.15) is 5.75 Å². The number of rotatable bonds is 8. The SMILES string of the molecule is COc1ccc(S(=O)(=O)Nc2ccc(C(=O)NC(C(C)C)C(C)C)cc2C)cc1. The Hall–Kier alpha value is -2.54. The van der Waals surface area contributed by atoms with E-state index in [0.717, 1.165) is 0 Å². The van der Waals surface area contributed by atoms with E-state index in [-0.39, 0.29) is 16.8 Å². The third-order valence-corrected chi connectivity index (χ3v) is 6.22. The summed E-state index contributed by atoms with van der Waals surface area (Å²) in [5.41, 5.74) is 1.60. The van der Waals surface area contributed by atoms with E-state index in [1.807, 2.05) is 0 Å². The Kier molecular flexibility index (Phi) is 7.30. The molecule has 0 atom stereocenters. The van der Waals surface area contributed by atoms with Crippen molar-refractivity contribution in [1.29, 1.82) is 0 Å². The molecule has 0 heterocycles. The third kappa shape index (κ3) is 5.73. The first kappa shape index (κ1) is 22.7. The van der Waals surface area contributed by atoms with E-state index in [2.05, 4.69) is 37.7 Å². The van der Waals surface area contributed by atoms with Gasteiger partial charge in [-0.25, -0.2) is 8.42 Å². The Labute approximate surface area is 173 Å². The van der Waals surface area contributed by atoms with Gasteiger partial charge in [-0.2, -0.15) is 0 Å². The zero-order chi connectivity index (χ0) is 21.8. The van der Waals surface area contributed by atoms with Crippen LogP contribution in [0, 0.1) is 18.8 Å². The minimum absolute atomic E-state index is 0.0658. The lowest BCUT2D eigenvalue weighted by Crippen LogP contribution is -2.42. The third-order valence-electron chi connectivity index (χ3n) is 4.84. The van der Waals surface area contributed by atoms with Crippen LogP contribution in [0.15, 0.2) is 47.4 Å². The molecule has 0 radical (unpaired) electrons. The number of benzene rings is 2. The van der Waals surface area contributed by atoms with Crippen LogP contribution in [0.25, 0.3) is 0 Å². The van der Waals surface area contributed by atoms with Crippen molar-refractivity contribution in [2.75, 3.05) is 11.8 Å². The molecule has 0 aliphatic carbocycles. The Balaban J connectivity index is 2.19. The Bertz CT molecular complexity index is 943. The van der Waals surface area contributed by atoms with Gasteiger partial charge in [0.25, 0.3) is 15.9 Å².